The predicted molar refractivity (Wildman–Crippen MR) is 97.3 cm³/mol. The van der Waals surface area contributed by atoms with E-state index in [1.807, 2.05) is 28.7 Å². The van der Waals surface area contributed by atoms with Crippen molar-refractivity contribution >= 4 is 40.1 Å². The minimum Gasteiger partial charge on any atom is -0.489 e. The number of ether oxygens (including phenoxy) is 2. The number of benzene rings is 2. The summed E-state index contributed by atoms with van der Waals surface area (Å²) in [5.74, 6) is 0.478. The van der Waals surface area contributed by atoms with Crippen molar-refractivity contribution in [3.8, 4) is 11.5 Å². The van der Waals surface area contributed by atoms with Crippen LogP contribution in [-0.4, -0.2) is 19.1 Å². The van der Waals surface area contributed by atoms with Crippen LogP contribution in [0.3, 0.4) is 0 Å². The molecule has 1 aliphatic heterocycles. The van der Waals surface area contributed by atoms with E-state index in [9.17, 15) is 9.18 Å². The van der Waals surface area contributed by atoms with Crippen molar-refractivity contribution in [3.05, 3.63) is 55.9 Å². The number of rotatable bonds is 3. The molecular formula is C17H14ClFINO3. The van der Waals surface area contributed by atoms with Crippen LogP contribution in [0.4, 0.5) is 4.39 Å². The van der Waals surface area contributed by atoms with Crippen molar-refractivity contribution in [3.63, 3.8) is 0 Å². The van der Waals surface area contributed by atoms with Crippen LogP contribution in [-0.2, 0) is 6.54 Å². The maximum atomic E-state index is 13.1. The highest BCUT2D eigenvalue weighted by molar-refractivity contribution is 14.1. The molecular weight excluding hydrogens is 448 g/mol. The third kappa shape index (κ3) is 3.92. The highest BCUT2D eigenvalue weighted by Gasteiger charge is 2.16. The Morgan fingerprint density at radius 3 is 2.83 bits per heavy atom. The summed E-state index contributed by atoms with van der Waals surface area (Å²) in [6.07, 6.45) is 0.792. The Kier molecular flexibility index (Phi) is 5.45. The molecule has 0 fully saturated rings. The summed E-state index contributed by atoms with van der Waals surface area (Å²) in [6, 6.07) is 7.60. The number of hydrogen-bond donors (Lipinski definition) is 1. The summed E-state index contributed by atoms with van der Waals surface area (Å²) in [7, 11) is 0. The molecule has 1 aliphatic rings. The molecule has 24 heavy (non-hydrogen) atoms. The number of carbonyl (C=O) groups is 1. The molecule has 2 aromatic carbocycles. The molecule has 7 heteroatoms. The monoisotopic (exact) mass is 461 g/mol. The standard InChI is InChI=1S/C17H14ClFINO3/c18-13-6-10(7-15-16(13)24-5-1-4-23-15)9-21-17(22)12-3-2-11(19)8-14(12)20/h2-3,6-8H,1,4-5,9H2,(H,21,22). The Morgan fingerprint density at radius 2 is 2.04 bits per heavy atom. The van der Waals surface area contributed by atoms with Gasteiger partial charge < -0.3 is 14.8 Å². The van der Waals surface area contributed by atoms with Crippen molar-refractivity contribution in [1.82, 2.24) is 5.32 Å². The molecule has 1 N–H and O–H groups in total. The van der Waals surface area contributed by atoms with Crippen LogP contribution < -0.4 is 14.8 Å². The maximum Gasteiger partial charge on any atom is 0.252 e. The van der Waals surface area contributed by atoms with Crippen LogP contribution in [0.1, 0.15) is 22.3 Å². The highest BCUT2D eigenvalue weighted by atomic mass is 127. The second-order valence-corrected chi connectivity index (χ2v) is 6.83. The first kappa shape index (κ1) is 17.3. The van der Waals surface area contributed by atoms with Gasteiger partial charge in [0, 0.05) is 16.5 Å². The summed E-state index contributed by atoms with van der Waals surface area (Å²) < 4.78 is 24.9. The smallest absolute Gasteiger partial charge is 0.252 e. The van der Waals surface area contributed by atoms with Crippen LogP contribution in [0.15, 0.2) is 30.3 Å². The molecule has 4 nitrogen and oxygen atoms in total. The normalized spacial score (nSPS) is 13.3. The van der Waals surface area contributed by atoms with Crippen LogP contribution in [0.2, 0.25) is 5.02 Å². The minimum absolute atomic E-state index is 0.275. The van der Waals surface area contributed by atoms with Gasteiger partial charge in [-0.3, -0.25) is 4.79 Å². The molecule has 0 saturated carbocycles. The van der Waals surface area contributed by atoms with Gasteiger partial charge in [0.15, 0.2) is 11.5 Å². The second-order valence-electron chi connectivity index (χ2n) is 5.26. The number of nitrogens with one attached hydrogen (secondary N) is 1. The topological polar surface area (TPSA) is 47.6 Å². The van der Waals surface area contributed by atoms with Gasteiger partial charge in [-0.25, -0.2) is 4.39 Å². The lowest BCUT2D eigenvalue weighted by atomic mass is 10.1. The van der Waals surface area contributed by atoms with Gasteiger partial charge in [0.1, 0.15) is 5.82 Å². The van der Waals surface area contributed by atoms with Gasteiger partial charge in [0.25, 0.3) is 5.91 Å². The molecule has 1 heterocycles. The van der Waals surface area contributed by atoms with Gasteiger partial charge in [0.05, 0.1) is 23.8 Å². The van der Waals surface area contributed by atoms with Crippen LogP contribution >= 0.6 is 34.2 Å². The average molecular weight is 462 g/mol. The Balaban J connectivity index is 1.73. The Morgan fingerprint density at radius 1 is 1.25 bits per heavy atom. The molecule has 2 aromatic rings. The third-order valence-corrected chi connectivity index (χ3v) is 4.66. The Bertz CT molecular complexity index is 785. The number of fused-ring (bicyclic) bond motifs is 1. The van der Waals surface area contributed by atoms with Crippen molar-refractivity contribution in [2.75, 3.05) is 13.2 Å². The summed E-state index contributed by atoms with van der Waals surface area (Å²) in [4.78, 5) is 12.3. The first-order valence-electron chi connectivity index (χ1n) is 7.36. The fraction of sp³-hybridized carbons (Fsp3) is 0.235. The van der Waals surface area contributed by atoms with Crippen molar-refractivity contribution in [1.29, 1.82) is 0 Å². The molecule has 3 rings (SSSR count). The summed E-state index contributed by atoms with van der Waals surface area (Å²) >= 11 is 8.17. The van der Waals surface area contributed by atoms with E-state index < -0.39 is 0 Å². The van der Waals surface area contributed by atoms with Gasteiger partial charge in [-0.2, -0.15) is 0 Å². The largest absolute Gasteiger partial charge is 0.489 e. The van der Waals surface area contributed by atoms with E-state index in [1.54, 1.807) is 6.07 Å². The molecule has 0 radical (unpaired) electrons. The fourth-order valence-electron chi connectivity index (χ4n) is 2.34. The maximum absolute atomic E-state index is 13.1. The van der Waals surface area contributed by atoms with Gasteiger partial charge in [0.2, 0.25) is 0 Å². The lowest BCUT2D eigenvalue weighted by Crippen LogP contribution is -2.23. The molecule has 0 saturated heterocycles. The molecule has 0 aliphatic carbocycles. The molecule has 0 unspecified atom stereocenters. The average Bonchev–Trinajstić information content (AvgIpc) is 2.78. The van der Waals surface area contributed by atoms with E-state index in [-0.39, 0.29) is 18.3 Å². The first-order valence-corrected chi connectivity index (χ1v) is 8.81. The zero-order valence-corrected chi connectivity index (χ0v) is 15.5. The van der Waals surface area contributed by atoms with E-state index in [4.69, 9.17) is 21.1 Å². The summed E-state index contributed by atoms with van der Waals surface area (Å²) in [6.45, 7) is 1.40. The number of halogens is 3. The van der Waals surface area contributed by atoms with Gasteiger partial charge in [-0.05, 0) is 58.5 Å². The molecule has 0 atom stereocenters. The van der Waals surface area contributed by atoms with Crippen LogP contribution in [0.25, 0.3) is 0 Å². The lowest BCUT2D eigenvalue weighted by molar-refractivity contribution is 0.0950. The van der Waals surface area contributed by atoms with Gasteiger partial charge in [-0.1, -0.05) is 11.6 Å². The minimum atomic E-state index is -0.370. The molecule has 0 aromatic heterocycles. The first-order chi connectivity index (χ1) is 11.5. The van der Waals surface area contributed by atoms with Crippen molar-refractivity contribution in [2.24, 2.45) is 0 Å². The fourth-order valence-corrected chi connectivity index (χ4v) is 3.35. The van der Waals surface area contributed by atoms with E-state index in [0.717, 1.165) is 12.0 Å². The third-order valence-electron chi connectivity index (χ3n) is 3.49. The quantitative estimate of drug-likeness (QED) is 0.698. The zero-order valence-electron chi connectivity index (χ0n) is 12.6. The second kappa shape index (κ2) is 7.57. The van der Waals surface area contributed by atoms with E-state index in [0.29, 0.717) is 38.9 Å². The van der Waals surface area contributed by atoms with Gasteiger partial charge in [-0.15, -0.1) is 0 Å². The molecule has 126 valence electrons. The number of hydrogen-bond acceptors (Lipinski definition) is 3. The summed E-state index contributed by atoms with van der Waals surface area (Å²) in [5.41, 5.74) is 1.23. The Labute approximate surface area is 157 Å². The van der Waals surface area contributed by atoms with Gasteiger partial charge >= 0.3 is 0 Å². The number of amides is 1. The van der Waals surface area contributed by atoms with Crippen LogP contribution in [0, 0.1) is 9.39 Å². The summed E-state index contributed by atoms with van der Waals surface area (Å²) in [5, 5.41) is 3.26. The van der Waals surface area contributed by atoms with Crippen molar-refractivity contribution in [2.45, 2.75) is 13.0 Å². The Hall–Kier alpha value is -1.54. The predicted octanol–water partition coefficient (Wildman–Crippen LogP) is 4.18. The lowest BCUT2D eigenvalue weighted by Gasteiger charge is -2.12. The molecule has 1 amide bonds. The highest BCUT2D eigenvalue weighted by Crippen LogP contribution is 2.37. The molecule has 0 bridgehead atoms. The zero-order chi connectivity index (χ0) is 17.1. The van der Waals surface area contributed by atoms with Crippen molar-refractivity contribution < 1.29 is 18.7 Å². The molecule has 0 spiro atoms. The van der Waals surface area contributed by atoms with E-state index >= 15 is 0 Å². The number of carbonyl (C=O) groups excluding carboxylic acids is 1. The van der Waals surface area contributed by atoms with E-state index in [2.05, 4.69) is 5.32 Å². The SMILES string of the molecule is O=C(NCc1cc(Cl)c2c(c1)OCCCO2)c1ccc(F)cc1I. The van der Waals surface area contributed by atoms with E-state index in [1.165, 1.54) is 18.2 Å². The van der Waals surface area contributed by atoms with Crippen LogP contribution in [0.5, 0.6) is 11.5 Å².